The lowest BCUT2D eigenvalue weighted by atomic mass is 10.1. The molecular formula is C18H20BrClN2O2. The topological polar surface area (TPSA) is 55.6 Å². The maximum absolute atomic E-state index is 12.7. The number of para-hydroxylation sites is 1. The first-order valence-corrected chi connectivity index (χ1v) is 8.44. The van der Waals surface area contributed by atoms with Gasteiger partial charge in [0.15, 0.2) is 0 Å². The summed E-state index contributed by atoms with van der Waals surface area (Å²) in [4.78, 5) is 14.5. The average Bonchev–Trinajstić information content (AvgIpc) is 3.00. The van der Waals surface area contributed by atoms with Gasteiger partial charge in [-0.15, -0.1) is 12.4 Å². The lowest BCUT2D eigenvalue weighted by molar-refractivity contribution is 0.0786. The van der Waals surface area contributed by atoms with Crippen LogP contribution in [0.1, 0.15) is 22.3 Å². The number of rotatable bonds is 4. The highest BCUT2D eigenvalue weighted by molar-refractivity contribution is 9.10. The SMILES string of the molecule is Cl.N[C@@H]1CCN(C(=O)c2ccccc2OCc2ccc(Br)cc2)C1. The smallest absolute Gasteiger partial charge is 0.257 e. The van der Waals surface area contributed by atoms with Crippen molar-refractivity contribution in [2.45, 2.75) is 19.1 Å². The van der Waals surface area contributed by atoms with Gasteiger partial charge in [-0.3, -0.25) is 4.79 Å². The third-order valence-electron chi connectivity index (χ3n) is 3.94. The van der Waals surface area contributed by atoms with Gasteiger partial charge in [-0.2, -0.15) is 0 Å². The number of halogens is 2. The van der Waals surface area contributed by atoms with Gasteiger partial charge in [0.2, 0.25) is 0 Å². The Morgan fingerprint density at radius 2 is 1.92 bits per heavy atom. The number of hydrogen-bond donors (Lipinski definition) is 1. The van der Waals surface area contributed by atoms with E-state index in [1.807, 2.05) is 48.5 Å². The number of carbonyl (C=O) groups excluding carboxylic acids is 1. The van der Waals surface area contributed by atoms with Gasteiger partial charge in [-0.25, -0.2) is 0 Å². The Hall–Kier alpha value is -1.56. The van der Waals surface area contributed by atoms with Crippen molar-refractivity contribution < 1.29 is 9.53 Å². The fourth-order valence-corrected chi connectivity index (χ4v) is 2.92. The Bertz CT molecular complexity index is 694. The van der Waals surface area contributed by atoms with Gasteiger partial charge in [0, 0.05) is 23.6 Å². The molecule has 1 aliphatic heterocycles. The molecule has 1 heterocycles. The molecular weight excluding hydrogens is 392 g/mol. The minimum absolute atomic E-state index is 0. The maximum atomic E-state index is 12.7. The first kappa shape index (κ1) is 18.8. The highest BCUT2D eigenvalue weighted by Crippen LogP contribution is 2.23. The van der Waals surface area contributed by atoms with Gasteiger partial charge in [-0.1, -0.05) is 40.2 Å². The Labute approximate surface area is 156 Å². The zero-order valence-electron chi connectivity index (χ0n) is 13.2. The number of likely N-dealkylation sites (tertiary alicyclic amines) is 1. The molecule has 24 heavy (non-hydrogen) atoms. The van der Waals surface area contributed by atoms with Crippen molar-refractivity contribution in [1.29, 1.82) is 0 Å². The van der Waals surface area contributed by atoms with E-state index in [1.54, 1.807) is 4.90 Å². The molecule has 1 saturated heterocycles. The van der Waals surface area contributed by atoms with Crippen LogP contribution in [0.25, 0.3) is 0 Å². The van der Waals surface area contributed by atoms with E-state index in [2.05, 4.69) is 15.9 Å². The summed E-state index contributed by atoms with van der Waals surface area (Å²) in [5.74, 6) is 0.602. The molecule has 1 atom stereocenters. The number of hydrogen-bond acceptors (Lipinski definition) is 3. The van der Waals surface area contributed by atoms with Crippen LogP contribution in [0, 0.1) is 0 Å². The van der Waals surface area contributed by atoms with Gasteiger partial charge in [0.25, 0.3) is 5.91 Å². The Kier molecular flexibility index (Phi) is 6.66. The van der Waals surface area contributed by atoms with E-state index in [9.17, 15) is 4.79 Å². The standard InChI is InChI=1S/C18H19BrN2O2.ClH/c19-14-7-5-13(6-8-14)12-23-17-4-2-1-3-16(17)18(22)21-10-9-15(20)11-21;/h1-8,15H,9-12,20H2;1H/t15-;/m1./s1. The van der Waals surface area contributed by atoms with Crippen LogP contribution in [0.2, 0.25) is 0 Å². The van der Waals surface area contributed by atoms with Crippen LogP contribution < -0.4 is 10.5 Å². The first-order valence-electron chi connectivity index (χ1n) is 7.64. The minimum atomic E-state index is -0.00986. The molecule has 3 rings (SSSR count). The lowest BCUT2D eigenvalue weighted by Crippen LogP contribution is -2.32. The highest BCUT2D eigenvalue weighted by atomic mass is 79.9. The fourth-order valence-electron chi connectivity index (χ4n) is 2.65. The van der Waals surface area contributed by atoms with E-state index in [-0.39, 0.29) is 24.4 Å². The Morgan fingerprint density at radius 3 is 2.58 bits per heavy atom. The molecule has 1 amide bonds. The molecule has 2 aromatic rings. The van der Waals surface area contributed by atoms with Crippen LogP contribution in [0.5, 0.6) is 5.75 Å². The minimum Gasteiger partial charge on any atom is -0.488 e. The van der Waals surface area contributed by atoms with E-state index in [0.717, 1.165) is 16.5 Å². The van der Waals surface area contributed by atoms with Crippen LogP contribution in [0.15, 0.2) is 53.0 Å². The summed E-state index contributed by atoms with van der Waals surface area (Å²) in [5, 5.41) is 0. The number of amides is 1. The molecule has 128 valence electrons. The number of nitrogens with zero attached hydrogens (tertiary/aromatic N) is 1. The molecule has 0 bridgehead atoms. The van der Waals surface area contributed by atoms with Gasteiger partial charge >= 0.3 is 0 Å². The van der Waals surface area contributed by atoms with Crippen LogP contribution in [0.4, 0.5) is 0 Å². The van der Waals surface area contributed by atoms with Crippen LogP contribution >= 0.6 is 28.3 Å². The van der Waals surface area contributed by atoms with Crippen molar-refractivity contribution in [3.05, 3.63) is 64.1 Å². The summed E-state index contributed by atoms with van der Waals surface area (Å²) in [6.45, 7) is 1.75. The van der Waals surface area contributed by atoms with Crippen molar-refractivity contribution in [3.8, 4) is 5.75 Å². The molecule has 0 unspecified atom stereocenters. The second-order valence-corrected chi connectivity index (χ2v) is 6.63. The molecule has 0 aromatic heterocycles. The molecule has 1 fully saturated rings. The third-order valence-corrected chi connectivity index (χ3v) is 4.47. The van der Waals surface area contributed by atoms with Gasteiger partial charge in [-0.05, 0) is 36.2 Å². The Morgan fingerprint density at radius 1 is 1.21 bits per heavy atom. The molecule has 0 saturated carbocycles. The third kappa shape index (κ3) is 4.50. The van der Waals surface area contributed by atoms with E-state index in [1.165, 1.54) is 0 Å². The predicted molar refractivity (Wildman–Crippen MR) is 101 cm³/mol. The van der Waals surface area contributed by atoms with Crippen molar-refractivity contribution >= 4 is 34.2 Å². The van der Waals surface area contributed by atoms with Crippen molar-refractivity contribution in [1.82, 2.24) is 4.90 Å². The average molecular weight is 412 g/mol. The molecule has 0 aliphatic carbocycles. The van der Waals surface area contributed by atoms with Crippen LogP contribution in [0.3, 0.4) is 0 Å². The van der Waals surface area contributed by atoms with Gasteiger partial charge < -0.3 is 15.4 Å². The monoisotopic (exact) mass is 410 g/mol. The highest BCUT2D eigenvalue weighted by Gasteiger charge is 2.26. The Balaban J connectivity index is 0.00000208. The summed E-state index contributed by atoms with van der Waals surface area (Å²) in [6, 6.07) is 15.4. The normalized spacial score (nSPS) is 16.6. The fraction of sp³-hybridized carbons (Fsp3) is 0.278. The zero-order chi connectivity index (χ0) is 16.2. The second kappa shape index (κ2) is 8.51. The summed E-state index contributed by atoms with van der Waals surface area (Å²) >= 11 is 3.41. The lowest BCUT2D eigenvalue weighted by Gasteiger charge is -2.18. The number of ether oxygens (including phenoxy) is 1. The van der Waals surface area contributed by atoms with E-state index >= 15 is 0 Å². The summed E-state index contributed by atoms with van der Waals surface area (Å²) in [6.07, 6.45) is 0.855. The maximum Gasteiger partial charge on any atom is 0.257 e. The van der Waals surface area contributed by atoms with Crippen LogP contribution in [-0.2, 0) is 6.61 Å². The predicted octanol–water partition coefficient (Wildman–Crippen LogP) is 3.62. The number of benzene rings is 2. The molecule has 6 heteroatoms. The van der Waals surface area contributed by atoms with E-state index < -0.39 is 0 Å². The molecule has 2 N–H and O–H groups in total. The summed E-state index contributed by atoms with van der Waals surface area (Å²) in [7, 11) is 0. The molecule has 0 radical (unpaired) electrons. The van der Waals surface area contributed by atoms with Crippen LogP contribution in [-0.4, -0.2) is 29.9 Å². The summed E-state index contributed by atoms with van der Waals surface area (Å²) < 4.78 is 6.91. The number of carbonyl (C=O) groups is 1. The van der Waals surface area contributed by atoms with Crippen molar-refractivity contribution in [2.24, 2.45) is 5.73 Å². The second-order valence-electron chi connectivity index (χ2n) is 5.71. The van der Waals surface area contributed by atoms with Crippen molar-refractivity contribution in [2.75, 3.05) is 13.1 Å². The van der Waals surface area contributed by atoms with E-state index in [0.29, 0.717) is 31.0 Å². The van der Waals surface area contributed by atoms with Gasteiger partial charge in [0.1, 0.15) is 12.4 Å². The molecule has 1 aliphatic rings. The number of nitrogens with two attached hydrogens (primary N) is 1. The van der Waals surface area contributed by atoms with E-state index in [4.69, 9.17) is 10.5 Å². The zero-order valence-corrected chi connectivity index (χ0v) is 15.6. The summed E-state index contributed by atoms with van der Waals surface area (Å²) in [5.41, 5.74) is 7.55. The van der Waals surface area contributed by atoms with Gasteiger partial charge in [0.05, 0.1) is 5.56 Å². The quantitative estimate of drug-likeness (QED) is 0.836. The molecule has 2 aromatic carbocycles. The molecule has 0 spiro atoms. The molecule has 4 nitrogen and oxygen atoms in total. The largest absolute Gasteiger partial charge is 0.488 e. The van der Waals surface area contributed by atoms with Crippen molar-refractivity contribution in [3.63, 3.8) is 0 Å². The first-order chi connectivity index (χ1) is 11.1.